The molecule has 2 N–H and O–H groups in total. The summed E-state index contributed by atoms with van der Waals surface area (Å²) in [5, 5.41) is 9.56. The van der Waals surface area contributed by atoms with Crippen LogP contribution < -0.4 is 15.4 Å². The number of carbonyl (C=O) groups is 2. The van der Waals surface area contributed by atoms with Crippen molar-refractivity contribution in [2.75, 3.05) is 12.4 Å². The van der Waals surface area contributed by atoms with Crippen LogP contribution in [0.5, 0.6) is 5.75 Å². The number of hydrogen-bond acceptors (Lipinski definition) is 5. The van der Waals surface area contributed by atoms with Gasteiger partial charge in [0.15, 0.2) is 0 Å². The second-order valence-corrected chi connectivity index (χ2v) is 6.28. The number of aromatic nitrogens is 3. The molecule has 2 amide bonds. The summed E-state index contributed by atoms with van der Waals surface area (Å²) < 4.78 is 6.78. The third-order valence-corrected chi connectivity index (χ3v) is 4.08. The summed E-state index contributed by atoms with van der Waals surface area (Å²) >= 11 is 5.90. The molecule has 28 heavy (non-hydrogen) atoms. The van der Waals surface area contributed by atoms with Crippen LogP contribution in [0.1, 0.15) is 11.1 Å². The first kappa shape index (κ1) is 19.4. The van der Waals surface area contributed by atoms with E-state index in [2.05, 4.69) is 20.7 Å². The zero-order valence-corrected chi connectivity index (χ0v) is 15.8. The first-order valence-electron chi connectivity index (χ1n) is 8.40. The third-order valence-electron chi connectivity index (χ3n) is 3.84. The Kier molecular flexibility index (Phi) is 6.23. The first-order chi connectivity index (χ1) is 13.5. The number of nitrogens with one attached hydrogen (secondary N) is 2. The zero-order valence-electron chi connectivity index (χ0n) is 15.1. The van der Waals surface area contributed by atoms with Crippen molar-refractivity contribution in [3.8, 4) is 5.75 Å². The van der Waals surface area contributed by atoms with E-state index in [1.165, 1.54) is 13.4 Å². The van der Waals surface area contributed by atoms with Crippen molar-refractivity contribution in [2.24, 2.45) is 0 Å². The van der Waals surface area contributed by atoms with Gasteiger partial charge in [0.25, 0.3) is 0 Å². The topological polar surface area (TPSA) is 98.1 Å². The molecule has 0 saturated carbocycles. The van der Waals surface area contributed by atoms with Gasteiger partial charge < -0.3 is 10.1 Å². The molecule has 3 aromatic rings. The predicted octanol–water partition coefficient (Wildman–Crippen LogP) is 2.24. The summed E-state index contributed by atoms with van der Waals surface area (Å²) in [5.41, 5.74) is 1.73. The van der Waals surface area contributed by atoms with Crippen molar-refractivity contribution >= 4 is 29.4 Å². The summed E-state index contributed by atoms with van der Waals surface area (Å²) in [7, 11) is 1.50. The van der Waals surface area contributed by atoms with Gasteiger partial charge in [0.1, 0.15) is 12.1 Å². The Bertz CT molecular complexity index is 975. The maximum atomic E-state index is 12.0. The number of amides is 2. The Morgan fingerprint density at radius 1 is 1.14 bits per heavy atom. The molecule has 1 aromatic heterocycles. The van der Waals surface area contributed by atoms with E-state index in [0.717, 1.165) is 5.56 Å². The van der Waals surface area contributed by atoms with E-state index in [1.54, 1.807) is 22.9 Å². The van der Waals surface area contributed by atoms with Crippen LogP contribution in [0.2, 0.25) is 5.02 Å². The van der Waals surface area contributed by atoms with E-state index in [4.69, 9.17) is 16.3 Å². The highest BCUT2D eigenvalue weighted by molar-refractivity contribution is 6.39. The van der Waals surface area contributed by atoms with E-state index in [-0.39, 0.29) is 12.5 Å². The van der Waals surface area contributed by atoms with Crippen LogP contribution in [-0.2, 0) is 22.7 Å². The molecular weight excluding hydrogens is 382 g/mol. The second-order valence-electron chi connectivity index (χ2n) is 5.84. The molecule has 2 aromatic carbocycles. The van der Waals surface area contributed by atoms with Crippen molar-refractivity contribution in [1.29, 1.82) is 0 Å². The van der Waals surface area contributed by atoms with E-state index in [1.807, 2.05) is 30.3 Å². The molecule has 0 fully saturated rings. The first-order valence-corrected chi connectivity index (χ1v) is 8.78. The van der Waals surface area contributed by atoms with Gasteiger partial charge in [-0.25, -0.2) is 9.67 Å². The van der Waals surface area contributed by atoms with Gasteiger partial charge in [0.2, 0.25) is 5.95 Å². The van der Waals surface area contributed by atoms with Crippen molar-refractivity contribution in [2.45, 2.75) is 13.1 Å². The van der Waals surface area contributed by atoms with Crippen LogP contribution in [0.4, 0.5) is 5.95 Å². The van der Waals surface area contributed by atoms with Gasteiger partial charge in [-0.2, -0.15) is 0 Å². The van der Waals surface area contributed by atoms with Crippen LogP contribution in [-0.4, -0.2) is 33.7 Å². The van der Waals surface area contributed by atoms with Gasteiger partial charge in [-0.15, -0.1) is 5.10 Å². The molecule has 0 unspecified atom stereocenters. The Morgan fingerprint density at radius 2 is 1.93 bits per heavy atom. The standard InChI is InChI=1S/C19H18ClN5O3/c1-28-16-9-15(20)8-7-14(16)10-21-17(26)18(27)23-19-22-12-25(24-19)11-13-5-3-2-4-6-13/h2-9,12H,10-11H2,1H3,(H,21,26)(H,23,24,27). The predicted molar refractivity (Wildman–Crippen MR) is 104 cm³/mol. The molecule has 0 aliphatic carbocycles. The average molecular weight is 400 g/mol. The molecule has 0 radical (unpaired) electrons. The maximum absolute atomic E-state index is 12.0. The molecule has 3 rings (SSSR count). The fourth-order valence-corrected chi connectivity index (χ4v) is 2.64. The summed E-state index contributed by atoms with van der Waals surface area (Å²) in [4.78, 5) is 28.1. The number of halogens is 1. The number of methoxy groups -OCH3 is 1. The smallest absolute Gasteiger partial charge is 0.316 e. The molecule has 0 bridgehead atoms. The van der Waals surface area contributed by atoms with Crippen LogP contribution in [0, 0.1) is 0 Å². The third kappa shape index (κ3) is 5.08. The lowest BCUT2D eigenvalue weighted by Crippen LogP contribution is -2.35. The lowest BCUT2D eigenvalue weighted by atomic mass is 10.2. The number of hydrogen-bond donors (Lipinski definition) is 2. The van der Waals surface area contributed by atoms with E-state index >= 15 is 0 Å². The van der Waals surface area contributed by atoms with Gasteiger partial charge in [0.05, 0.1) is 13.7 Å². The van der Waals surface area contributed by atoms with E-state index in [0.29, 0.717) is 22.9 Å². The highest BCUT2D eigenvalue weighted by Crippen LogP contribution is 2.22. The summed E-state index contributed by atoms with van der Waals surface area (Å²) in [6.07, 6.45) is 1.49. The lowest BCUT2D eigenvalue weighted by Gasteiger charge is -2.09. The Morgan fingerprint density at radius 3 is 2.68 bits per heavy atom. The molecule has 0 spiro atoms. The summed E-state index contributed by atoms with van der Waals surface area (Å²) in [6, 6.07) is 14.7. The monoisotopic (exact) mass is 399 g/mol. The van der Waals surface area contributed by atoms with E-state index < -0.39 is 11.8 Å². The van der Waals surface area contributed by atoms with Crippen molar-refractivity contribution < 1.29 is 14.3 Å². The molecule has 0 saturated heterocycles. The molecule has 144 valence electrons. The van der Waals surface area contributed by atoms with Crippen molar-refractivity contribution in [3.63, 3.8) is 0 Å². The maximum Gasteiger partial charge on any atom is 0.316 e. The van der Waals surface area contributed by atoms with Crippen molar-refractivity contribution in [3.05, 3.63) is 71.0 Å². The number of benzene rings is 2. The minimum absolute atomic E-state index is 0.0557. The SMILES string of the molecule is COc1cc(Cl)ccc1CNC(=O)C(=O)Nc1ncn(Cc2ccccc2)n1. The quantitative estimate of drug-likeness (QED) is 0.619. The van der Waals surface area contributed by atoms with Gasteiger partial charge in [-0.1, -0.05) is 48.0 Å². The molecule has 9 heteroatoms. The molecule has 0 aliphatic rings. The molecule has 0 atom stereocenters. The Balaban J connectivity index is 1.54. The highest BCUT2D eigenvalue weighted by atomic mass is 35.5. The average Bonchev–Trinajstić information content (AvgIpc) is 3.14. The molecular formula is C19H18ClN5O3. The summed E-state index contributed by atoms with van der Waals surface area (Å²) in [5.74, 6) is -1.09. The largest absolute Gasteiger partial charge is 0.496 e. The normalized spacial score (nSPS) is 10.4. The van der Waals surface area contributed by atoms with Crippen LogP contribution in [0.3, 0.4) is 0 Å². The lowest BCUT2D eigenvalue weighted by molar-refractivity contribution is -0.136. The molecule has 0 aliphatic heterocycles. The Hall–Kier alpha value is -3.39. The fourth-order valence-electron chi connectivity index (χ4n) is 2.48. The minimum Gasteiger partial charge on any atom is -0.496 e. The number of nitrogens with zero attached hydrogens (tertiary/aromatic N) is 3. The van der Waals surface area contributed by atoms with Crippen LogP contribution in [0.25, 0.3) is 0 Å². The minimum atomic E-state index is -0.856. The molecule has 8 nitrogen and oxygen atoms in total. The van der Waals surface area contributed by atoms with Crippen molar-refractivity contribution in [1.82, 2.24) is 20.1 Å². The van der Waals surface area contributed by atoms with E-state index in [9.17, 15) is 9.59 Å². The number of ether oxygens (including phenoxy) is 1. The Labute approximate surface area is 166 Å². The second kappa shape index (κ2) is 9.01. The van der Waals surface area contributed by atoms with Gasteiger partial charge in [0, 0.05) is 17.1 Å². The zero-order chi connectivity index (χ0) is 19.9. The highest BCUT2D eigenvalue weighted by Gasteiger charge is 2.16. The van der Waals surface area contributed by atoms with Crippen LogP contribution in [0.15, 0.2) is 54.9 Å². The van der Waals surface area contributed by atoms with Gasteiger partial charge >= 0.3 is 11.8 Å². The number of rotatable bonds is 6. The number of carbonyl (C=O) groups excluding carboxylic acids is 2. The van der Waals surface area contributed by atoms with Crippen LogP contribution >= 0.6 is 11.6 Å². The molecule has 1 heterocycles. The fraction of sp³-hybridized carbons (Fsp3) is 0.158. The van der Waals surface area contributed by atoms with Gasteiger partial charge in [-0.3, -0.25) is 14.9 Å². The number of anilines is 1. The van der Waals surface area contributed by atoms with Gasteiger partial charge in [-0.05, 0) is 17.7 Å². The summed E-state index contributed by atoms with van der Waals surface area (Å²) in [6.45, 7) is 0.620.